The highest BCUT2D eigenvalue weighted by Crippen LogP contribution is 2.16. The van der Waals surface area contributed by atoms with Gasteiger partial charge in [-0.3, -0.25) is 0 Å². The van der Waals surface area contributed by atoms with Crippen molar-refractivity contribution < 1.29 is 8.81 Å². The molecule has 1 heterocycles. The number of para-hydroxylation sites is 1. The second kappa shape index (κ2) is 3.10. The summed E-state index contributed by atoms with van der Waals surface area (Å²) in [5.74, 6) is -0.774. The number of rotatable bonds is 1. The van der Waals surface area contributed by atoms with Gasteiger partial charge in [-0.1, -0.05) is 24.8 Å². The van der Waals surface area contributed by atoms with Gasteiger partial charge in [0.1, 0.15) is 11.4 Å². The molecule has 0 spiro atoms. The second-order valence-electron chi connectivity index (χ2n) is 2.89. The van der Waals surface area contributed by atoms with Gasteiger partial charge in [-0.15, -0.1) is 0 Å². The molecule has 2 nitrogen and oxygen atoms in total. The summed E-state index contributed by atoms with van der Waals surface area (Å²) in [5.41, 5.74) is -0.373. The maximum Gasteiger partial charge on any atom is 0.346 e. The molecule has 0 amide bonds. The molecule has 0 saturated heterocycles. The average Bonchev–Trinajstić information content (AvgIpc) is 2.16. The van der Waals surface area contributed by atoms with E-state index in [2.05, 4.69) is 6.58 Å². The van der Waals surface area contributed by atoms with Crippen molar-refractivity contribution in [1.29, 1.82) is 0 Å². The Kier molecular flexibility index (Phi) is 1.93. The molecule has 0 aliphatic carbocycles. The van der Waals surface area contributed by atoms with Crippen LogP contribution >= 0.6 is 0 Å². The van der Waals surface area contributed by atoms with E-state index in [9.17, 15) is 9.18 Å². The number of fused-ring (bicyclic) bond motifs is 1. The minimum atomic E-state index is -0.774. The van der Waals surface area contributed by atoms with E-state index in [0.717, 1.165) is 0 Å². The highest BCUT2D eigenvalue weighted by Gasteiger charge is 2.06. The zero-order chi connectivity index (χ0) is 10.1. The molecule has 14 heavy (non-hydrogen) atoms. The predicted octanol–water partition coefficient (Wildman–Crippen LogP) is 2.73. The van der Waals surface area contributed by atoms with E-state index in [4.69, 9.17) is 4.42 Å². The zero-order valence-electron chi connectivity index (χ0n) is 7.29. The van der Waals surface area contributed by atoms with Gasteiger partial charge >= 0.3 is 5.63 Å². The molecule has 1 aromatic heterocycles. The lowest BCUT2D eigenvalue weighted by Gasteiger charge is -1.98. The SMILES string of the molecule is C=C(F)c1cc2ccccc2oc1=O. The van der Waals surface area contributed by atoms with Gasteiger partial charge in [-0.05, 0) is 12.1 Å². The van der Waals surface area contributed by atoms with E-state index in [0.29, 0.717) is 11.0 Å². The van der Waals surface area contributed by atoms with E-state index >= 15 is 0 Å². The first-order chi connectivity index (χ1) is 6.68. The smallest absolute Gasteiger partial charge is 0.346 e. The molecule has 0 fully saturated rings. The summed E-state index contributed by atoms with van der Waals surface area (Å²) in [6, 6.07) is 8.36. The molecule has 2 aromatic rings. The molecule has 0 aliphatic rings. The molecule has 0 atom stereocenters. The summed E-state index contributed by atoms with van der Waals surface area (Å²) < 4.78 is 17.7. The minimum absolute atomic E-state index is 0.122. The van der Waals surface area contributed by atoms with Crippen LogP contribution in [0.5, 0.6) is 0 Å². The van der Waals surface area contributed by atoms with Gasteiger partial charge in [0, 0.05) is 5.39 Å². The molecule has 1 aromatic carbocycles. The van der Waals surface area contributed by atoms with Gasteiger partial charge in [0.05, 0.1) is 5.56 Å². The number of halogens is 1. The van der Waals surface area contributed by atoms with Crippen molar-refractivity contribution in [3.8, 4) is 0 Å². The Bertz CT molecular complexity index is 554. The highest BCUT2D eigenvalue weighted by atomic mass is 19.1. The fraction of sp³-hybridized carbons (Fsp3) is 0. The Labute approximate surface area is 79.3 Å². The van der Waals surface area contributed by atoms with Crippen LogP contribution in [0.1, 0.15) is 5.56 Å². The number of hydrogen-bond acceptors (Lipinski definition) is 2. The van der Waals surface area contributed by atoms with Crippen molar-refractivity contribution in [3.05, 3.63) is 52.9 Å². The Morgan fingerprint density at radius 1 is 1.36 bits per heavy atom. The minimum Gasteiger partial charge on any atom is -0.422 e. The van der Waals surface area contributed by atoms with Gasteiger partial charge in [0.15, 0.2) is 0 Å². The Morgan fingerprint density at radius 3 is 2.79 bits per heavy atom. The van der Waals surface area contributed by atoms with Gasteiger partial charge in [0.25, 0.3) is 0 Å². The molecule has 0 radical (unpaired) electrons. The third-order valence-electron chi connectivity index (χ3n) is 1.93. The van der Waals surface area contributed by atoms with Crippen LogP contribution < -0.4 is 5.63 Å². The van der Waals surface area contributed by atoms with E-state index in [1.807, 2.05) is 0 Å². The summed E-state index contributed by atoms with van der Waals surface area (Å²) in [7, 11) is 0. The van der Waals surface area contributed by atoms with Gasteiger partial charge in [-0.25, -0.2) is 9.18 Å². The summed E-state index contributed by atoms with van der Waals surface area (Å²) in [4.78, 5) is 11.2. The van der Waals surface area contributed by atoms with Gasteiger partial charge in [-0.2, -0.15) is 0 Å². The normalized spacial score (nSPS) is 10.4. The molecule has 0 N–H and O–H groups in total. The van der Waals surface area contributed by atoms with E-state index < -0.39 is 11.5 Å². The molecular formula is C11H7FO2. The maximum absolute atomic E-state index is 12.8. The first-order valence-corrected chi connectivity index (χ1v) is 4.06. The molecule has 2 rings (SSSR count). The monoisotopic (exact) mass is 190 g/mol. The first-order valence-electron chi connectivity index (χ1n) is 4.06. The molecule has 0 bridgehead atoms. The van der Waals surface area contributed by atoms with Crippen molar-refractivity contribution in [3.63, 3.8) is 0 Å². The number of hydrogen-bond donors (Lipinski definition) is 0. The molecule has 3 heteroatoms. The second-order valence-corrected chi connectivity index (χ2v) is 2.89. The van der Waals surface area contributed by atoms with Gasteiger partial charge < -0.3 is 4.42 Å². The van der Waals surface area contributed by atoms with Gasteiger partial charge in [0.2, 0.25) is 0 Å². The van der Waals surface area contributed by atoms with Crippen molar-refractivity contribution in [2.75, 3.05) is 0 Å². The van der Waals surface area contributed by atoms with Crippen molar-refractivity contribution in [2.45, 2.75) is 0 Å². The summed E-state index contributed by atoms with van der Waals surface area (Å²) >= 11 is 0. The Morgan fingerprint density at radius 2 is 2.07 bits per heavy atom. The molecule has 0 aliphatic heterocycles. The van der Waals surface area contributed by atoms with Crippen LogP contribution in [0.3, 0.4) is 0 Å². The van der Waals surface area contributed by atoms with E-state index in [1.165, 1.54) is 6.07 Å². The molecule has 0 unspecified atom stereocenters. The lowest BCUT2D eigenvalue weighted by Crippen LogP contribution is -2.03. The van der Waals surface area contributed by atoms with Crippen LogP contribution in [0.4, 0.5) is 4.39 Å². The molecular weight excluding hydrogens is 183 g/mol. The lowest BCUT2D eigenvalue weighted by molar-refractivity contribution is 0.554. The van der Waals surface area contributed by atoms with E-state index in [-0.39, 0.29) is 5.56 Å². The topological polar surface area (TPSA) is 30.2 Å². The third-order valence-corrected chi connectivity index (χ3v) is 1.93. The highest BCUT2D eigenvalue weighted by molar-refractivity contribution is 5.79. The fourth-order valence-corrected chi connectivity index (χ4v) is 1.25. The largest absolute Gasteiger partial charge is 0.422 e. The lowest BCUT2D eigenvalue weighted by atomic mass is 10.2. The Balaban J connectivity index is 2.84. The standard InChI is InChI=1S/C11H7FO2/c1-7(12)9-6-8-4-2-3-5-10(8)14-11(9)13/h2-6H,1H2. The van der Waals surface area contributed by atoms with Crippen molar-refractivity contribution >= 4 is 16.8 Å². The fourth-order valence-electron chi connectivity index (χ4n) is 1.25. The number of benzene rings is 1. The average molecular weight is 190 g/mol. The molecule has 70 valence electrons. The summed E-state index contributed by atoms with van der Waals surface area (Å²) in [6.45, 7) is 3.07. The van der Waals surface area contributed by atoms with Crippen molar-refractivity contribution in [1.82, 2.24) is 0 Å². The Hall–Kier alpha value is -1.90. The quantitative estimate of drug-likeness (QED) is 0.647. The van der Waals surface area contributed by atoms with Crippen LogP contribution in [0.15, 0.2) is 46.1 Å². The third kappa shape index (κ3) is 1.33. The summed E-state index contributed by atoms with van der Waals surface area (Å²) in [5, 5.41) is 0.681. The predicted molar refractivity (Wildman–Crippen MR) is 52.6 cm³/mol. The summed E-state index contributed by atoms with van der Waals surface area (Å²) in [6.07, 6.45) is 0. The van der Waals surface area contributed by atoms with Crippen LogP contribution in [0, 0.1) is 0 Å². The van der Waals surface area contributed by atoms with Crippen LogP contribution in [-0.4, -0.2) is 0 Å². The van der Waals surface area contributed by atoms with Crippen LogP contribution in [0.2, 0.25) is 0 Å². The van der Waals surface area contributed by atoms with E-state index in [1.54, 1.807) is 24.3 Å². The molecule has 0 saturated carbocycles. The van der Waals surface area contributed by atoms with Crippen LogP contribution in [0.25, 0.3) is 16.8 Å². The first kappa shape index (κ1) is 8.69. The maximum atomic E-state index is 12.8. The zero-order valence-corrected chi connectivity index (χ0v) is 7.29. The van der Waals surface area contributed by atoms with Crippen molar-refractivity contribution in [2.24, 2.45) is 0 Å². The van der Waals surface area contributed by atoms with Crippen LogP contribution in [-0.2, 0) is 0 Å².